The number of halogens is 1. The number of carbonyl (C=O) groups excluding carboxylic acids is 1. The van der Waals surface area contributed by atoms with Gasteiger partial charge in [-0.2, -0.15) is 0 Å². The molecule has 6 heteroatoms. The Morgan fingerprint density at radius 1 is 1.42 bits per heavy atom. The summed E-state index contributed by atoms with van der Waals surface area (Å²) in [4.78, 5) is 20.1. The summed E-state index contributed by atoms with van der Waals surface area (Å²) < 4.78 is 0.709. The highest BCUT2D eigenvalue weighted by atomic mass is 127. The van der Waals surface area contributed by atoms with Crippen LogP contribution in [0.4, 0.5) is 0 Å². The first kappa shape index (κ1) is 13.7. The topological polar surface area (TPSA) is 75.1 Å². The largest absolute Gasteiger partial charge is 0.507 e. The summed E-state index contributed by atoms with van der Waals surface area (Å²) in [5.74, 6) is 0.521. The highest BCUT2D eigenvalue weighted by molar-refractivity contribution is 14.1. The van der Waals surface area contributed by atoms with E-state index in [-0.39, 0.29) is 11.7 Å². The van der Waals surface area contributed by atoms with E-state index in [0.29, 0.717) is 21.5 Å². The van der Waals surface area contributed by atoms with Crippen LogP contribution >= 0.6 is 22.6 Å². The lowest BCUT2D eigenvalue weighted by molar-refractivity contribution is 0.0950. The average molecular weight is 369 g/mol. The summed E-state index contributed by atoms with van der Waals surface area (Å²) in [6.07, 6.45) is 1.65. The van der Waals surface area contributed by atoms with Gasteiger partial charge in [-0.25, -0.2) is 9.97 Å². The normalized spacial score (nSPS) is 10.2. The molecule has 98 valence electrons. The van der Waals surface area contributed by atoms with E-state index in [1.54, 1.807) is 31.3 Å². The van der Waals surface area contributed by atoms with Crippen molar-refractivity contribution in [2.24, 2.45) is 0 Å². The van der Waals surface area contributed by atoms with Crippen molar-refractivity contribution >= 4 is 28.5 Å². The van der Waals surface area contributed by atoms with Gasteiger partial charge in [-0.15, -0.1) is 0 Å². The number of amides is 1. The van der Waals surface area contributed by atoms with Crippen LogP contribution in [-0.2, 0) is 6.54 Å². The van der Waals surface area contributed by atoms with E-state index in [0.717, 1.165) is 5.69 Å². The Balaban J connectivity index is 2.03. The Labute approximate surface area is 124 Å². The quantitative estimate of drug-likeness (QED) is 0.812. The number of carbonyl (C=O) groups is 1. The van der Waals surface area contributed by atoms with Crippen LogP contribution in [0.25, 0.3) is 0 Å². The van der Waals surface area contributed by atoms with Gasteiger partial charge in [0.15, 0.2) is 0 Å². The zero-order valence-corrected chi connectivity index (χ0v) is 12.4. The first-order valence-electron chi connectivity index (χ1n) is 5.61. The predicted molar refractivity (Wildman–Crippen MR) is 78.8 cm³/mol. The van der Waals surface area contributed by atoms with Crippen molar-refractivity contribution in [3.8, 4) is 5.75 Å². The summed E-state index contributed by atoms with van der Waals surface area (Å²) in [5.41, 5.74) is 1.17. The summed E-state index contributed by atoms with van der Waals surface area (Å²) in [7, 11) is 0. The van der Waals surface area contributed by atoms with Gasteiger partial charge in [-0.3, -0.25) is 4.79 Å². The monoisotopic (exact) mass is 369 g/mol. The van der Waals surface area contributed by atoms with Crippen molar-refractivity contribution in [2.75, 3.05) is 0 Å². The minimum atomic E-state index is -0.247. The van der Waals surface area contributed by atoms with Gasteiger partial charge in [0.1, 0.15) is 11.6 Å². The fourth-order valence-electron chi connectivity index (χ4n) is 1.53. The minimum absolute atomic E-state index is 0.103. The minimum Gasteiger partial charge on any atom is -0.507 e. The van der Waals surface area contributed by atoms with Gasteiger partial charge in [-0.05, 0) is 53.8 Å². The van der Waals surface area contributed by atoms with Gasteiger partial charge in [0.05, 0.1) is 15.8 Å². The lowest BCUT2D eigenvalue weighted by atomic mass is 10.2. The zero-order chi connectivity index (χ0) is 13.8. The fraction of sp³-hybridized carbons (Fsp3) is 0.154. The predicted octanol–water partition coefficient (Wildman–Crippen LogP) is 2.03. The lowest BCUT2D eigenvalue weighted by Gasteiger charge is -2.06. The smallest absolute Gasteiger partial charge is 0.251 e. The van der Waals surface area contributed by atoms with Crippen LogP contribution in [-0.4, -0.2) is 21.0 Å². The number of phenolic OH excluding ortho intramolecular Hbond substituents is 1. The second kappa shape index (κ2) is 5.96. The molecule has 2 N–H and O–H groups in total. The number of hydrogen-bond donors (Lipinski definition) is 2. The van der Waals surface area contributed by atoms with Crippen molar-refractivity contribution in [1.82, 2.24) is 15.3 Å². The van der Waals surface area contributed by atoms with Crippen LogP contribution in [0.5, 0.6) is 5.75 Å². The maximum atomic E-state index is 11.9. The number of rotatable bonds is 3. The maximum absolute atomic E-state index is 11.9. The van der Waals surface area contributed by atoms with Crippen molar-refractivity contribution in [3.05, 3.63) is 51.1 Å². The highest BCUT2D eigenvalue weighted by Crippen LogP contribution is 2.20. The van der Waals surface area contributed by atoms with Crippen molar-refractivity contribution in [2.45, 2.75) is 13.5 Å². The molecule has 5 nitrogen and oxygen atoms in total. The van der Waals surface area contributed by atoms with E-state index in [9.17, 15) is 9.90 Å². The number of nitrogens with zero attached hydrogens (tertiary/aromatic N) is 2. The molecule has 0 atom stereocenters. The molecule has 0 radical (unpaired) electrons. The van der Waals surface area contributed by atoms with Crippen LogP contribution in [0.15, 0.2) is 30.5 Å². The molecule has 0 fully saturated rings. The third-order valence-electron chi connectivity index (χ3n) is 2.47. The number of phenols is 1. The Morgan fingerprint density at radius 3 is 2.89 bits per heavy atom. The molecule has 0 aliphatic rings. The van der Waals surface area contributed by atoms with Crippen LogP contribution in [0, 0.1) is 10.5 Å². The molecular weight excluding hydrogens is 357 g/mol. The second-order valence-corrected chi connectivity index (χ2v) is 5.11. The molecule has 0 saturated carbocycles. The van der Waals surface area contributed by atoms with Crippen LogP contribution in [0.1, 0.15) is 21.9 Å². The van der Waals surface area contributed by atoms with Gasteiger partial charge in [-0.1, -0.05) is 0 Å². The molecule has 1 heterocycles. The van der Waals surface area contributed by atoms with Crippen molar-refractivity contribution in [3.63, 3.8) is 0 Å². The number of hydrogen-bond acceptors (Lipinski definition) is 4. The Hall–Kier alpha value is -1.70. The first-order valence-corrected chi connectivity index (χ1v) is 6.69. The fourth-order valence-corrected chi connectivity index (χ4v) is 1.87. The van der Waals surface area contributed by atoms with Crippen molar-refractivity contribution < 1.29 is 9.90 Å². The Kier molecular flexibility index (Phi) is 4.31. The molecule has 0 unspecified atom stereocenters. The van der Waals surface area contributed by atoms with Crippen LogP contribution in [0.3, 0.4) is 0 Å². The van der Waals surface area contributed by atoms with Gasteiger partial charge < -0.3 is 10.4 Å². The molecule has 19 heavy (non-hydrogen) atoms. The van der Waals surface area contributed by atoms with Crippen LogP contribution in [0.2, 0.25) is 0 Å². The van der Waals surface area contributed by atoms with E-state index < -0.39 is 0 Å². The van der Waals surface area contributed by atoms with E-state index in [4.69, 9.17) is 0 Å². The first-order chi connectivity index (χ1) is 9.06. The summed E-state index contributed by atoms with van der Waals surface area (Å²) in [6.45, 7) is 2.12. The number of nitrogens with one attached hydrogen (secondary N) is 1. The third kappa shape index (κ3) is 3.63. The van der Waals surface area contributed by atoms with Gasteiger partial charge in [0.25, 0.3) is 5.91 Å². The van der Waals surface area contributed by atoms with Gasteiger partial charge in [0, 0.05) is 11.8 Å². The zero-order valence-electron chi connectivity index (χ0n) is 10.2. The number of aromatic nitrogens is 2. The molecule has 0 saturated heterocycles. The molecule has 1 amide bonds. The van der Waals surface area contributed by atoms with Gasteiger partial charge in [0.2, 0.25) is 0 Å². The molecule has 0 aliphatic heterocycles. The molecule has 0 aliphatic carbocycles. The Bertz CT molecular complexity index is 617. The summed E-state index contributed by atoms with van der Waals surface area (Å²) >= 11 is 2.00. The second-order valence-electron chi connectivity index (χ2n) is 3.94. The highest BCUT2D eigenvalue weighted by Gasteiger charge is 2.08. The maximum Gasteiger partial charge on any atom is 0.251 e. The van der Waals surface area contributed by atoms with E-state index in [1.165, 1.54) is 6.07 Å². The molecule has 1 aromatic heterocycles. The molecule has 2 aromatic rings. The summed E-state index contributed by atoms with van der Waals surface area (Å²) in [5, 5.41) is 12.3. The molecule has 2 rings (SSSR count). The molecule has 0 bridgehead atoms. The molecular formula is C13H12IN3O2. The number of aromatic hydroxyl groups is 1. The molecule has 0 spiro atoms. The van der Waals surface area contributed by atoms with Crippen molar-refractivity contribution in [1.29, 1.82) is 0 Å². The number of benzene rings is 1. The summed E-state index contributed by atoms with van der Waals surface area (Å²) in [6, 6.07) is 6.56. The van der Waals surface area contributed by atoms with E-state index in [2.05, 4.69) is 15.3 Å². The van der Waals surface area contributed by atoms with Crippen LogP contribution < -0.4 is 5.32 Å². The van der Waals surface area contributed by atoms with Gasteiger partial charge >= 0.3 is 0 Å². The van der Waals surface area contributed by atoms with E-state index in [1.807, 2.05) is 22.6 Å². The Morgan fingerprint density at radius 2 is 2.21 bits per heavy atom. The standard InChI is InChI=1S/C13H12IN3O2/c1-8-15-5-4-10(17-8)7-16-13(19)9-2-3-11(14)12(18)6-9/h2-6,18H,7H2,1H3,(H,16,19). The third-order valence-corrected chi connectivity index (χ3v) is 3.38. The average Bonchev–Trinajstić information content (AvgIpc) is 2.39. The number of aryl methyl sites for hydroxylation is 1. The lowest BCUT2D eigenvalue weighted by Crippen LogP contribution is -2.23. The molecule has 1 aromatic carbocycles. The SMILES string of the molecule is Cc1nccc(CNC(=O)c2ccc(I)c(O)c2)n1. The van der Waals surface area contributed by atoms with E-state index >= 15 is 0 Å².